The number of hydrogen-bond donors (Lipinski definition) is 0. The monoisotopic (exact) mass is 321 g/mol. The van der Waals surface area contributed by atoms with Crippen LogP contribution in [0.1, 0.15) is 36.3 Å². The number of aromatic nitrogens is 2. The first-order valence-corrected chi connectivity index (χ1v) is 7.88. The van der Waals surface area contributed by atoms with Gasteiger partial charge in [-0.25, -0.2) is 9.55 Å². The summed E-state index contributed by atoms with van der Waals surface area (Å²) in [7, 11) is 1.87. The van der Waals surface area contributed by atoms with Gasteiger partial charge in [0.05, 0.1) is 0 Å². The molecule has 0 N–H and O–H groups in total. The Labute approximate surface area is 147 Å². The molecular formula is C21H21N2O+. The van der Waals surface area contributed by atoms with Crippen LogP contribution >= 0.6 is 0 Å². The molecule has 0 aliphatic heterocycles. The number of pyridine rings is 2. The average Bonchev–Trinajstić information content (AvgIpc) is 2.97. The van der Waals surface area contributed by atoms with Crippen LogP contribution in [-0.4, -0.2) is 4.98 Å². The van der Waals surface area contributed by atoms with Crippen molar-refractivity contribution < 1.29 is 14.5 Å². The van der Waals surface area contributed by atoms with Crippen LogP contribution in [0.3, 0.4) is 0 Å². The number of aryl methyl sites for hydroxylation is 2. The molecule has 120 valence electrons. The highest BCUT2D eigenvalue weighted by atomic mass is 16.3. The molecule has 0 amide bonds. The second kappa shape index (κ2) is 5.45. The molecule has 3 heterocycles. The molecule has 0 aliphatic rings. The highest BCUT2D eigenvalue weighted by Crippen LogP contribution is 2.33. The number of hydrogen-bond acceptors (Lipinski definition) is 2. The van der Waals surface area contributed by atoms with Crippen LogP contribution in [-0.2, 0) is 7.05 Å². The number of rotatable bonds is 2. The summed E-state index contributed by atoms with van der Waals surface area (Å²) in [4.78, 5) is 4.28. The molecule has 3 nitrogen and oxygen atoms in total. The lowest BCUT2D eigenvalue weighted by Crippen LogP contribution is -2.31. The minimum Gasteiger partial charge on any atom is -0.438 e. The van der Waals surface area contributed by atoms with Crippen LogP contribution in [0.5, 0.6) is 0 Å². The standard InChI is InChI=1S/C21H21N2O/c1-13(2)15-7-8-19(23(4)12-15)17-11-18-16-6-5-9-22-21(16)24-20(18)10-14(17)3/h5-13H,1-4H3/q+1/i1D3,13D. The van der Waals surface area contributed by atoms with Crippen molar-refractivity contribution in [3.63, 3.8) is 0 Å². The van der Waals surface area contributed by atoms with Gasteiger partial charge in [0.15, 0.2) is 6.20 Å². The number of furan rings is 1. The molecule has 0 aliphatic carbocycles. The van der Waals surface area contributed by atoms with Crippen LogP contribution in [0, 0.1) is 6.92 Å². The molecule has 4 aromatic rings. The lowest BCUT2D eigenvalue weighted by molar-refractivity contribution is -0.660. The minimum atomic E-state index is -2.40. The average molecular weight is 321 g/mol. The van der Waals surface area contributed by atoms with Gasteiger partial charge < -0.3 is 4.42 Å². The molecular weight excluding hydrogens is 296 g/mol. The van der Waals surface area contributed by atoms with Crippen molar-refractivity contribution in [2.24, 2.45) is 7.05 Å². The summed E-state index contributed by atoms with van der Waals surface area (Å²) in [6.07, 6.45) is 3.44. The second-order valence-corrected chi connectivity index (χ2v) is 6.16. The van der Waals surface area contributed by atoms with Crippen molar-refractivity contribution in [1.29, 1.82) is 0 Å². The Bertz CT molecular complexity index is 1210. The molecule has 0 spiro atoms. The van der Waals surface area contributed by atoms with E-state index in [1.165, 1.54) is 6.92 Å². The molecule has 0 bridgehead atoms. The van der Waals surface area contributed by atoms with E-state index < -0.39 is 12.7 Å². The molecule has 0 radical (unpaired) electrons. The molecule has 3 heteroatoms. The minimum absolute atomic E-state index is 0.454. The molecule has 24 heavy (non-hydrogen) atoms. The van der Waals surface area contributed by atoms with Gasteiger partial charge >= 0.3 is 0 Å². The Kier molecular flexibility index (Phi) is 2.49. The highest BCUT2D eigenvalue weighted by Gasteiger charge is 2.17. The summed E-state index contributed by atoms with van der Waals surface area (Å²) < 4.78 is 39.0. The van der Waals surface area contributed by atoms with Gasteiger partial charge in [-0.1, -0.05) is 13.8 Å². The Morgan fingerprint density at radius 1 is 1.25 bits per heavy atom. The maximum atomic E-state index is 8.31. The van der Waals surface area contributed by atoms with Gasteiger partial charge in [-0.3, -0.25) is 0 Å². The summed E-state index contributed by atoms with van der Waals surface area (Å²) >= 11 is 0. The van der Waals surface area contributed by atoms with E-state index >= 15 is 0 Å². The Hall–Kier alpha value is -2.68. The fourth-order valence-electron chi connectivity index (χ4n) is 3.14. The topological polar surface area (TPSA) is 29.9 Å². The summed E-state index contributed by atoms with van der Waals surface area (Å²) in [6.45, 7) is 1.04. The first kappa shape index (κ1) is 11.0. The number of benzene rings is 1. The van der Waals surface area contributed by atoms with Crippen molar-refractivity contribution in [3.8, 4) is 11.3 Å². The number of fused-ring (bicyclic) bond motifs is 3. The van der Waals surface area contributed by atoms with E-state index in [4.69, 9.17) is 9.90 Å². The molecule has 0 saturated heterocycles. The fraction of sp³-hybridized carbons (Fsp3) is 0.238. The zero-order valence-corrected chi connectivity index (χ0v) is 13.9. The predicted octanol–water partition coefficient (Wildman–Crippen LogP) is 4.90. The largest absolute Gasteiger partial charge is 0.438 e. The summed E-state index contributed by atoms with van der Waals surface area (Å²) in [6, 6.07) is 11.6. The summed E-state index contributed by atoms with van der Waals surface area (Å²) in [5, 5.41) is 1.94. The maximum Gasteiger partial charge on any atom is 0.227 e. The summed E-state index contributed by atoms with van der Waals surface area (Å²) in [5.41, 5.74) is 4.85. The number of nitrogens with zero attached hydrogens (tertiary/aromatic N) is 2. The molecule has 1 aromatic carbocycles. The lowest BCUT2D eigenvalue weighted by atomic mass is 9.99. The van der Waals surface area contributed by atoms with Crippen LogP contribution in [0.4, 0.5) is 0 Å². The van der Waals surface area contributed by atoms with E-state index in [2.05, 4.69) is 11.1 Å². The van der Waals surface area contributed by atoms with E-state index in [1.54, 1.807) is 18.5 Å². The fourth-order valence-corrected chi connectivity index (χ4v) is 3.14. The summed E-state index contributed by atoms with van der Waals surface area (Å²) in [5.74, 6) is -1.67. The van der Waals surface area contributed by atoms with Crippen molar-refractivity contribution in [1.82, 2.24) is 4.98 Å². The molecule has 3 aromatic heterocycles. The predicted molar refractivity (Wildman–Crippen MR) is 97.0 cm³/mol. The van der Waals surface area contributed by atoms with Crippen LogP contribution in [0.2, 0.25) is 0 Å². The van der Waals surface area contributed by atoms with E-state index in [9.17, 15) is 0 Å². The van der Waals surface area contributed by atoms with E-state index in [-0.39, 0.29) is 0 Å². The normalized spacial score (nSPS) is 17.1. The van der Waals surface area contributed by atoms with Gasteiger partial charge in [-0.05, 0) is 48.7 Å². The van der Waals surface area contributed by atoms with Gasteiger partial charge in [0.2, 0.25) is 11.4 Å². The van der Waals surface area contributed by atoms with Gasteiger partial charge in [-0.2, -0.15) is 0 Å². The van der Waals surface area contributed by atoms with Crippen molar-refractivity contribution in [2.75, 3.05) is 0 Å². The third-order valence-corrected chi connectivity index (χ3v) is 4.44. The molecule has 1 unspecified atom stereocenters. The molecule has 4 rings (SSSR count). The first-order valence-electron chi connectivity index (χ1n) is 9.88. The maximum absolute atomic E-state index is 8.31. The van der Waals surface area contributed by atoms with Gasteiger partial charge in [0, 0.05) is 39.6 Å². The Morgan fingerprint density at radius 2 is 2.12 bits per heavy atom. The lowest BCUT2D eigenvalue weighted by Gasteiger charge is -2.08. The third kappa shape index (κ3) is 2.28. The van der Waals surface area contributed by atoms with Crippen molar-refractivity contribution in [3.05, 3.63) is 59.9 Å². The third-order valence-electron chi connectivity index (χ3n) is 4.44. The zero-order valence-electron chi connectivity index (χ0n) is 17.9. The van der Waals surface area contributed by atoms with Crippen LogP contribution in [0.25, 0.3) is 33.3 Å². The highest BCUT2D eigenvalue weighted by molar-refractivity contribution is 6.05. The smallest absolute Gasteiger partial charge is 0.227 e. The molecule has 0 fully saturated rings. The van der Waals surface area contributed by atoms with Crippen LogP contribution < -0.4 is 4.57 Å². The Morgan fingerprint density at radius 3 is 2.92 bits per heavy atom. The Balaban J connectivity index is 1.88. The quantitative estimate of drug-likeness (QED) is 0.491. The SMILES string of the molecule is [2H]C([2H])([2H])C([2H])(C)c1ccc(-c2cc3c(cc2C)oc2ncccc23)[n+](C)c1. The first-order chi connectivity index (χ1) is 13.1. The van der Waals surface area contributed by atoms with Gasteiger partial charge in [-0.15, -0.1) is 0 Å². The van der Waals surface area contributed by atoms with Crippen molar-refractivity contribution in [2.45, 2.75) is 26.6 Å². The van der Waals surface area contributed by atoms with Crippen molar-refractivity contribution >= 4 is 22.1 Å². The second-order valence-electron chi connectivity index (χ2n) is 6.16. The van der Waals surface area contributed by atoms with E-state index in [1.807, 2.05) is 42.8 Å². The van der Waals surface area contributed by atoms with E-state index in [0.29, 0.717) is 11.3 Å². The van der Waals surface area contributed by atoms with Gasteiger partial charge in [0.25, 0.3) is 0 Å². The van der Waals surface area contributed by atoms with Crippen LogP contribution in [0.15, 0.2) is 53.2 Å². The zero-order chi connectivity index (χ0) is 20.3. The molecule has 0 saturated carbocycles. The van der Waals surface area contributed by atoms with Gasteiger partial charge in [0.1, 0.15) is 12.6 Å². The molecule has 1 atom stereocenters. The van der Waals surface area contributed by atoms with E-state index in [0.717, 1.165) is 33.2 Å².